The van der Waals surface area contributed by atoms with Crippen LogP contribution < -0.4 is 5.69 Å². The summed E-state index contributed by atoms with van der Waals surface area (Å²) in [7, 11) is 0. The number of thioether (sulfide) groups is 1. The van der Waals surface area contributed by atoms with Gasteiger partial charge in [0.15, 0.2) is 5.65 Å². The number of rotatable bonds is 5. The molecule has 0 bridgehead atoms. The summed E-state index contributed by atoms with van der Waals surface area (Å²) in [4.78, 5) is 12.2. The fourth-order valence-electron chi connectivity index (χ4n) is 2.87. The van der Waals surface area contributed by atoms with Gasteiger partial charge in [0, 0.05) is 17.7 Å². The van der Waals surface area contributed by atoms with Crippen molar-refractivity contribution >= 4 is 28.2 Å². The van der Waals surface area contributed by atoms with Gasteiger partial charge in [-0.2, -0.15) is 11.8 Å². The third kappa shape index (κ3) is 2.83. The molecule has 0 spiro atoms. The average molecular weight is 335 g/mol. The smallest absolute Gasteiger partial charge is 0.250 e. The first-order valence-corrected chi connectivity index (χ1v) is 9.07. The van der Waals surface area contributed by atoms with Crippen LogP contribution in [0.15, 0.2) is 71.7 Å². The monoisotopic (exact) mass is 335 g/mol. The molecule has 2 aromatic heterocycles. The topological polar surface area (TPSA) is 39.3 Å². The number of hydrogen-bond acceptors (Lipinski definition) is 3. The van der Waals surface area contributed by atoms with Crippen molar-refractivity contribution in [1.82, 2.24) is 14.2 Å². The first-order chi connectivity index (χ1) is 11.8. The average Bonchev–Trinajstić information content (AvgIpc) is 2.95. The molecule has 0 amide bonds. The molecule has 0 aliphatic heterocycles. The molecule has 0 unspecified atom stereocenters. The molecule has 0 fully saturated rings. The lowest BCUT2D eigenvalue weighted by atomic mass is 10.1. The molecular weight excluding hydrogens is 318 g/mol. The fourth-order valence-corrected chi connectivity index (χ4v) is 3.78. The van der Waals surface area contributed by atoms with Gasteiger partial charge in [-0.3, -0.25) is 4.40 Å². The van der Waals surface area contributed by atoms with Crippen molar-refractivity contribution in [2.45, 2.75) is 12.3 Å². The molecule has 2 aromatic carbocycles. The number of aromatic nitrogens is 3. The highest BCUT2D eigenvalue weighted by Crippen LogP contribution is 2.22. The zero-order valence-electron chi connectivity index (χ0n) is 13.1. The third-order valence-electron chi connectivity index (χ3n) is 4.07. The zero-order chi connectivity index (χ0) is 16.4. The Labute approximate surface area is 143 Å². The Morgan fingerprint density at radius 3 is 2.71 bits per heavy atom. The second-order valence-electron chi connectivity index (χ2n) is 5.63. The Balaban J connectivity index is 1.44. The molecule has 0 saturated carbocycles. The van der Waals surface area contributed by atoms with E-state index >= 15 is 0 Å². The highest BCUT2D eigenvalue weighted by atomic mass is 32.2. The van der Waals surface area contributed by atoms with Gasteiger partial charge in [0.25, 0.3) is 0 Å². The lowest BCUT2D eigenvalue weighted by molar-refractivity contribution is 0.639. The van der Waals surface area contributed by atoms with Gasteiger partial charge in [-0.05, 0) is 28.5 Å². The number of fused-ring (bicyclic) bond motifs is 2. The summed E-state index contributed by atoms with van der Waals surface area (Å²) in [6, 6.07) is 20.4. The van der Waals surface area contributed by atoms with Crippen molar-refractivity contribution in [3.63, 3.8) is 0 Å². The van der Waals surface area contributed by atoms with Gasteiger partial charge in [-0.1, -0.05) is 48.5 Å². The van der Waals surface area contributed by atoms with Gasteiger partial charge < -0.3 is 0 Å². The summed E-state index contributed by atoms with van der Waals surface area (Å²) in [5, 5.41) is 6.93. The van der Waals surface area contributed by atoms with Crippen LogP contribution in [0.4, 0.5) is 0 Å². The molecule has 4 rings (SSSR count). The van der Waals surface area contributed by atoms with Gasteiger partial charge in [0.1, 0.15) is 0 Å². The van der Waals surface area contributed by atoms with Crippen LogP contribution in [0.2, 0.25) is 0 Å². The minimum absolute atomic E-state index is 0.0728. The lowest BCUT2D eigenvalue weighted by Crippen LogP contribution is -2.22. The molecule has 2 heterocycles. The Morgan fingerprint density at radius 1 is 0.958 bits per heavy atom. The van der Waals surface area contributed by atoms with Crippen molar-refractivity contribution in [3.8, 4) is 0 Å². The zero-order valence-corrected chi connectivity index (χ0v) is 13.9. The van der Waals surface area contributed by atoms with Crippen LogP contribution in [0.3, 0.4) is 0 Å². The Kier molecular flexibility index (Phi) is 4.09. The largest absolute Gasteiger partial charge is 0.350 e. The number of aryl methyl sites for hydroxylation is 1. The molecule has 120 valence electrons. The molecule has 4 aromatic rings. The normalized spacial score (nSPS) is 11.3. The van der Waals surface area contributed by atoms with Crippen LogP contribution in [-0.2, 0) is 12.3 Å². The van der Waals surface area contributed by atoms with Crippen LogP contribution in [0, 0.1) is 0 Å². The minimum atomic E-state index is -0.0728. The standard InChI is InChI=1S/C19H17N3OS/c23-19-21-11-4-3-10-18(21)20-22(19)12-13-24-14-16-8-5-7-15-6-1-2-9-17(15)16/h1-11H,12-14H2. The molecule has 0 radical (unpaired) electrons. The van der Waals surface area contributed by atoms with E-state index in [0.29, 0.717) is 12.2 Å². The molecule has 0 N–H and O–H groups in total. The molecule has 5 heteroatoms. The van der Waals surface area contributed by atoms with Gasteiger partial charge in [0.05, 0.1) is 6.54 Å². The molecule has 4 nitrogen and oxygen atoms in total. The maximum atomic E-state index is 12.2. The minimum Gasteiger partial charge on any atom is -0.250 e. The summed E-state index contributed by atoms with van der Waals surface area (Å²) in [6.45, 7) is 0.621. The number of hydrogen-bond donors (Lipinski definition) is 0. The van der Waals surface area contributed by atoms with E-state index in [1.165, 1.54) is 16.3 Å². The van der Waals surface area contributed by atoms with Crippen LogP contribution in [0.1, 0.15) is 5.56 Å². The summed E-state index contributed by atoms with van der Waals surface area (Å²) in [5.41, 5.74) is 1.96. The Hall–Kier alpha value is -2.53. The first-order valence-electron chi connectivity index (χ1n) is 7.91. The van der Waals surface area contributed by atoms with E-state index in [1.54, 1.807) is 15.3 Å². The lowest BCUT2D eigenvalue weighted by Gasteiger charge is -2.06. The van der Waals surface area contributed by atoms with Crippen LogP contribution in [0.5, 0.6) is 0 Å². The van der Waals surface area contributed by atoms with Gasteiger partial charge in [0.2, 0.25) is 0 Å². The summed E-state index contributed by atoms with van der Waals surface area (Å²) >= 11 is 1.83. The fraction of sp³-hybridized carbons (Fsp3) is 0.158. The first kappa shape index (κ1) is 15.0. The quantitative estimate of drug-likeness (QED) is 0.523. The van der Waals surface area contributed by atoms with Crippen molar-refractivity contribution < 1.29 is 0 Å². The van der Waals surface area contributed by atoms with Crippen molar-refractivity contribution in [2.75, 3.05) is 5.75 Å². The summed E-state index contributed by atoms with van der Waals surface area (Å²) in [5.74, 6) is 1.79. The van der Waals surface area contributed by atoms with E-state index in [9.17, 15) is 4.79 Å². The molecular formula is C19H17N3OS. The molecule has 0 aliphatic carbocycles. The van der Waals surface area contributed by atoms with Gasteiger partial charge >= 0.3 is 5.69 Å². The molecule has 0 aliphatic rings. The second kappa shape index (κ2) is 6.53. The van der Waals surface area contributed by atoms with E-state index in [0.717, 1.165) is 11.5 Å². The summed E-state index contributed by atoms with van der Waals surface area (Å²) < 4.78 is 3.13. The highest BCUT2D eigenvalue weighted by molar-refractivity contribution is 7.98. The Morgan fingerprint density at radius 2 is 1.79 bits per heavy atom. The van der Waals surface area contributed by atoms with Gasteiger partial charge in [-0.25, -0.2) is 9.48 Å². The number of benzene rings is 2. The van der Waals surface area contributed by atoms with Crippen molar-refractivity contribution in [1.29, 1.82) is 0 Å². The van der Waals surface area contributed by atoms with Crippen LogP contribution in [-0.4, -0.2) is 19.9 Å². The van der Waals surface area contributed by atoms with Gasteiger partial charge in [-0.15, -0.1) is 5.10 Å². The van der Waals surface area contributed by atoms with E-state index in [-0.39, 0.29) is 5.69 Å². The number of nitrogens with zero attached hydrogens (tertiary/aromatic N) is 3. The molecule has 0 atom stereocenters. The van der Waals surface area contributed by atoms with E-state index in [4.69, 9.17) is 0 Å². The van der Waals surface area contributed by atoms with E-state index < -0.39 is 0 Å². The SMILES string of the molecule is O=c1n(CCSCc2cccc3ccccc23)nc2ccccn12. The highest BCUT2D eigenvalue weighted by Gasteiger charge is 2.06. The predicted molar refractivity (Wildman–Crippen MR) is 99.6 cm³/mol. The predicted octanol–water partition coefficient (Wildman–Crippen LogP) is 3.58. The summed E-state index contributed by atoms with van der Waals surface area (Å²) in [6.07, 6.45) is 1.75. The molecule has 0 saturated heterocycles. The van der Waals surface area contributed by atoms with Crippen LogP contribution in [0.25, 0.3) is 16.4 Å². The third-order valence-corrected chi connectivity index (χ3v) is 5.06. The van der Waals surface area contributed by atoms with E-state index in [1.807, 2.05) is 30.0 Å². The van der Waals surface area contributed by atoms with Crippen LogP contribution >= 0.6 is 11.8 Å². The van der Waals surface area contributed by atoms with Crippen molar-refractivity contribution in [2.24, 2.45) is 0 Å². The van der Waals surface area contributed by atoms with Crippen molar-refractivity contribution in [3.05, 3.63) is 82.9 Å². The van der Waals surface area contributed by atoms with E-state index in [2.05, 4.69) is 47.6 Å². The number of pyridine rings is 1. The Bertz CT molecular complexity index is 1050. The maximum absolute atomic E-state index is 12.2. The second-order valence-corrected chi connectivity index (χ2v) is 6.73. The maximum Gasteiger partial charge on any atom is 0.350 e. The molecule has 24 heavy (non-hydrogen) atoms.